The molecule has 0 radical (unpaired) electrons. The highest BCUT2D eigenvalue weighted by Crippen LogP contribution is 1.70. The quantitative estimate of drug-likeness (QED) is 0.656. The average molecular weight is 206 g/mol. The van der Waals surface area contributed by atoms with Crippen molar-refractivity contribution in [2.24, 2.45) is 0 Å². The van der Waals surface area contributed by atoms with Crippen LogP contribution in [-0.4, -0.2) is 0 Å². The molecule has 1 aromatic carbocycles. The SMILES string of the molecule is C.C=C/C=c1/ccccc1=C.CC.CC. The van der Waals surface area contributed by atoms with Gasteiger partial charge in [-0.15, -0.1) is 0 Å². The smallest absolute Gasteiger partial charge is 0.0190 e. The van der Waals surface area contributed by atoms with Crippen molar-refractivity contribution in [1.82, 2.24) is 0 Å². The molecular weight excluding hydrogens is 180 g/mol. The molecule has 0 nitrogen and oxygen atoms in total. The van der Waals surface area contributed by atoms with Gasteiger partial charge in [-0.05, 0) is 10.4 Å². The minimum absolute atomic E-state index is 0. The summed E-state index contributed by atoms with van der Waals surface area (Å²) in [5.41, 5.74) is 0. The molecule has 0 unspecified atom stereocenters. The lowest BCUT2D eigenvalue weighted by molar-refractivity contribution is 1.50. The monoisotopic (exact) mass is 206 g/mol. The molecule has 86 valence electrons. The summed E-state index contributed by atoms with van der Waals surface area (Å²) in [6.45, 7) is 15.5. The molecular formula is C15H26. The van der Waals surface area contributed by atoms with Crippen LogP contribution in [0.2, 0.25) is 0 Å². The van der Waals surface area contributed by atoms with Gasteiger partial charge < -0.3 is 0 Å². The van der Waals surface area contributed by atoms with E-state index in [-0.39, 0.29) is 7.43 Å². The van der Waals surface area contributed by atoms with E-state index in [2.05, 4.69) is 13.2 Å². The predicted molar refractivity (Wildman–Crippen MR) is 75.3 cm³/mol. The molecule has 0 fully saturated rings. The molecule has 1 aromatic rings. The molecule has 1 rings (SSSR count). The number of benzene rings is 1. The van der Waals surface area contributed by atoms with Gasteiger partial charge in [0.05, 0.1) is 0 Å². The Balaban J connectivity index is -0.000000258. The maximum absolute atomic E-state index is 3.86. The molecule has 0 aliphatic heterocycles. The first kappa shape index (κ1) is 19.3. The van der Waals surface area contributed by atoms with Crippen LogP contribution < -0.4 is 10.4 Å². The summed E-state index contributed by atoms with van der Waals surface area (Å²) < 4.78 is 0. The number of rotatable bonds is 1. The van der Waals surface area contributed by atoms with E-state index in [1.165, 1.54) is 0 Å². The van der Waals surface area contributed by atoms with Gasteiger partial charge in [-0.25, -0.2) is 0 Å². The third-order valence-corrected chi connectivity index (χ3v) is 1.35. The van der Waals surface area contributed by atoms with Crippen molar-refractivity contribution < 1.29 is 0 Å². The Hall–Kier alpha value is -1.30. The zero-order valence-electron chi connectivity index (χ0n) is 9.88. The Bertz CT molecular complexity index is 320. The third-order valence-electron chi connectivity index (χ3n) is 1.35. The lowest BCUT2D eigenvalue weighted by atomic mass is 10.2. The van der Waals surface area contributed by atoms with Crippen LogP contribution in [0.1, 0.15) is 35.1 Å². The maximum atomic E-state index is 3.86. The van der Waals surface area contributed by atoms with Crippen molar-refractivity contribution in [3.8, 4) is 0 Å². The fourth-order valence-corrected chi connectivity index (χ4v) is 0.824. The summed E-state index contributed by atoms with van der Waals surface area (Å²) in [6.07, 6.45) is 3.71. The minimum atomic E-state index is 0. The first-order valence-corrected chi connectivity index (χ1v) is 5.21. The number of allylic oxidation sites excluding steroid dienone is 1. The number of hydrogen-bond acceptors (Lipinski definition) is 0. The molecule has 0 aliphatic carbocycles. The Morgan fingerprint density at radius 3 is 1.87 bits per heavy atom. The molecule has 0 bridgehead atoms. The van der Waals surface area contributed by atoms with Gasteiger partial charge >= 0.3 is 0 Å². The van der Waals surface area contributed by atoms with Crippen LogP contribution in [-0.2, 0) is 0 Å². The van der Waals surface area contributed by atoms with Gasteiger partial charge in [0.1, 0.15) is 0 Å². The molecule has 0 aromatic heterocycles. The molecule has 0 amide bonds. The van der Waals surface area contributed by atoms with Crippen molar-refractivity contribution >= 4 is 12.7 Å². The Labute approximate surface area is 95.7 Å². The Morgan fingerprint density at radius 1 is 1.00 bits per heavy atom. The molecule has 0 heteroatoms. The standard InChI is InChI=1S/C10H10.2C2H6.CH4/c1-3-6-10-8-5-4-7-9(10)2;2*1-2;/h3-8H,1-2H2;2*1-2H3;1H4/b10-6-;;;. The minimum Gasteiger partial charge on any atom is -0.0990 e. The van der Waals surface area contributed by atoms with Gasteiger partial charge in [0, 0.05) is 0 Å². The Kier molecular flexibility index (Phi) is 19.5. The average Bonchev–Trinajstić information content (AvgIpc) is 2.28. The highest BCUT2D eigenvalue weighted by molar-refractivity contribution is 5.35. The molecule has 0 N–H and O–H groups in total. The van der Waals surface area contributed by atoms with E-state index in [9.17, 15) is 0 Å². The zero-order chi connectivity index (χ0) is 11.4. The number of hydrogen-bond donors (Lipinski definition) is 0. The van der Waals surface area contributed by atoms with E-state index in [1.54, 1.807) is 6.08 Å². The second kappa shape index (κ2) is 15.2. The van der Waals surface area contributed by atoms with Crippen LogP contribution in [0.25, 0.3) is 12.7 Å². The first-order valence-electron chi connectivity index (χ1n) is 5.21. The summed E-state index contributed by atoms with van der Waals surface area (Å²) >= 11 is 0. The molecule has 0 spiro atoms. The van der Waals surface area contributed by atoms with Crippen molar-refractivity contribution in [1.29, 1.82) is 0 Å². The first-order chi connectivity index (χ1) is 6.84. The highest BCUT2D eigenvalue weighted by atomic mass is 13.8. The van der Waals surface area contributed by atoms with E-state index in [0.717, 1.165) is 10.4 Å². The van der Waals surface area contributed by atoms with E-state index in [1.807, 2.05) is 58.0 Å². The van der Waals surface area contributed by atoms with Crippen molar-refractivity contribution in [3.05, 3.63) is 47.4 Å². The van der Waals surface area contributed by atoms with Gasteiger partial charge in [0.2, 0.25) is 0 Å². The summed E-state index contributed by atoms with van der Waals surface area (Å²) in [5, 5.41) is 2.18. The summed E-state index contributed by atoms with van der Waals surface area (Å²) in [6, 6.07) is 7.96. The van der Waals surface area contributed by atoms with Crippen LogP contribution in [0.3, 0.4) is 0 Å². The van der Waals surface area contributed by atoms with E-state index >= 15 is 0 Å². The normalized spacial score (nSPS) is 8.40. The molecule has 0 aliphatic rings. The van der Waals surface area contributed by atoms with Gasteiger partial charge in [-0.2, -0.15) is 0 Å². The maximum Gasteiger partial charge on any atom is -0.0190 e. The van der Waals surface area contributed by atoms with Crippen molar-refractivity contribution in [2.75, 3.05) is 0 Å². The summed E-state index contributed by atoms with van der Waals surface area (Å²) in [5.74, 6) is 0. The van der Waals surface area contributed by atoms with Gasteiger partial charge in [-0.1, -0.05) is 84.7 Å². The molecule has 0 atom stereocenters. The van der Waals surface area contributed by atoms with E-state index in [0.29, 0.717) is 0 Å². The topological polar surface area (TPSA) is 0 Å². The van der Waals surface area contributed by atoms with Gasteiger partial charge in [0.25, 0.3) is 0 Å². The van der Waals surface area contributed by atoms with Crippen LogP contribution in [0.15, 0.2) is 36.9 Å². The van der Waals surface area contributed by atoms with Crippen LogP contribution in [0.4, 0.5) is 0 Å². The lowest BCUT2D eigenvalue weighted by Gasteiger charge is -1.83. The molecule has 0 saturated carbocycles. The second-order valence-corrected chi connectivity index (χ2v) is 2.10. The zero-order valence-corrected chi connectivity index (χ0v) is 9.88. The van der Waals surface area contributed by atoms with Crippen molar-refractivity contribution in [3.63, 3.8) is 0 Å². The largest absolute Gasteiger partial charge is 0.0990 e. The molecule has 15 heavy (non-hydrogen) atoms. The van der Waals surface area contributed by atoms with E-state index in [4.69, 9.17) is 0 Å². The summed E-state index contributed by atoms with van der Waals surface area (Å²) in [7, 11) is 0. The van der Waals surface area contributed by atoms with Crippen LogP contribution in [0, 0.1) is 0 Å². The molecule has 0 heterocycles. The van der Waals surface area contributed by atoms with Crippen LogP contribution in [0.5, 0.6) is 0 Å². The summed E-state index contributed by atoms with van der Waals surface area (Å²) in [4.78, 5) is 0. The molecule has 0 saturated heterocycles. The second-order valence-electron chi connectivity index (χ2n) is 2.10. The third kappa shape index (κ3) is 9.01. The van der Waals surface area contributed by atoms with Crippen molar-refractivity contribution in [2.45, 2.75) is 35.1 Å². The highest BCUT2D eigenvalue weighted by Gasteiger charge is 1.75. The lowest BCUT2D eigenvalue weighted by Crippen LogP contribution is -2.21. The fraction of sp³-hybridized carbons (Fsp3) is 0.333. The van der Waals surface area contributed by atoms with Gasteiger partial charge in [0.15, 0.2) is 0 Å². The van der Waals surface area contributed by atoms with Gasteiger partial charge in [-0.3, -0.25) is 0 Å². The van der Waals surface area contributed by atoms with Crippen LogP contribution >= 0.6 is 0 Å². The van der Waals surface area contributed by atoms with E-state index < -0.39 is 0 Å². The predicted octanol–water partition coefficient (Wildman–Crippen LogP) is 3.75. The fourth-order valence-electron chi connectivity index (χ4n) is 0.824. The Morgan fingerprint density at radius 2 is 1.47 bits per heavy atom.